The van der Waals surface area contributed by atoms with Crippen LogP contribution < -0.4 is 20.1 Å². The molecule has 162 valence electrons. The van der Waals surface area contributed by atoms with Crippen LogP contribution in [-0.4, -0.2) is 10.5 Å². The number of aryl methyl sites for hydroxylation is 2. The molecule has 0 saturated heterocycles. The number of nitriles is 1. The summed E-state index contributed by atoms with van der Waals surface area (Å²) in [4.78, 5) is 26.5. The number of benzene rings is 3. The topological polar surface area (TPSA) is 74.9 Å². The Morgan fingerprint density at radius 1 is 0.970 bits per heavy atom. The molecule has 5 nitrogen and oxygen atoms in total. The number of carbonyl (C=O) groups excluding carboxylic acids is 1. The maximum atomic E-state index is 13.4. The first-order valence-corrected chi connectivity index (χ1v) is 11.2. The molecular weight excluding hydrogens is 430 g/mol. The number of anilines is 1. The van der Waals surface area contributed by atoms with Crippen LogP contribution in [0.2, 0.25) is 0 Å². The molecule has 0 saturated carbocycles. The second-order valence-corrected chi connectivity index (χ2v) is 8.57. The Hall–Kier alpha value is -4.21. The van der Waals surface area contributed by atoms with Gasteiger partial charge in [-0.2, -0.15) is 5.26 Å². The average molecular weight is 452 g/mol. The lowest BCUT2D eigenvalue weighted by Gasteiger charge is -2.07. The van der Waals surface area contributed by atoms with Crippen LogP contribution in [0.4, 0.5) is 5.69 Å². The number of aromatic nitrogens is 1. The van der Waals surface area contributed by atoms with Gasteiger partial charge in [-0.05, 0) is 60.9 Å². The summed E-state index contributed by atoms with van der Waals surface area (Å²) in [6.07, 6.45) is 1.77. The van der Waals surface area contributed by atoms with Crippen molar-refractivity contribution in [3.8, 4) is 11.8 Å². The minimum Gasteiger partial charge on any atom is -0.321 e. The molecule has 0 bridgehead atoms. The molecule has 1 N–H and O–H groups in total. The van der Waals surface area contributed by atoms with Crippen molar-refractivity contribution in [2.45, 2.75) is 13.8 Å². The van der Waals surface area contributed by atoms with Crippen molar-refractivity contribution in [2.24, 2.45) is 0 Å². The molecule has 0 spiro atoms. The van der Waals surface area contributed by atoms with Gasteiger partial charge in [0.05, 0.1) is 10.2 Å². The lowest BCUT2D eigenvalue weighted by atomic mass is 10.1. The first-order chi connectivity index (χ1) is 16.0. The van der Waals surface area contributed by atoms with Crippen LogP contribution in [0.1, 0.15) is 16.7 Å². The molecule has 6 heteroatoms. The number of amides is 1. The largest absolute Gasteiger partial charge is 0.321 e. The molecule has 4 rings (SSSR count). The third-order valence-corrected chi connectivity index (χ3v) is 6.35. The maximum absolute atomic E-state index is 13.4. The number of carbonyl (C=O) groups is 1. The summed E-state index contributed by atoms with van der Waals surface area (Å²) in [6, 6.07) is 26.1. The van der Waals surface area contributed by atoms with Crippen LogP contribution in [-0.2, 0) is 4.79 Å². The predicted octanol–water partition coefficient (Wildman–Crippen LogP) is 3.66. The zero-order valence-corrected chi connectivity index (χ0v) is 19.0. The van der Waals surface area contributed by atoms with E-state index in [-0.39, 0.29) is 15.8 Å². The van der Waals surface area contributed by atoms with E-state index in [1.54, 1.807) is 24.3 Å². The summed E-state index contributed by atoms with van der Waals surface area (Å²) in [7, 11) is 0. The number of nitrogens with zero attached hydrogens (tertiary/aromatic N) is 2. The first-order valence-electron chi connectivity index (χ1n) is 10.3. The molecule has 1 aromatic heterocycles. The summed E-state index contributed by atoms with van der Waals surface area (Å²) < 4.78 is 2.15. The first kappa shape index (κ1) is 22.0. The van der Waals surface area contributed by atoms with Crippen LogP contribution >= 0.6 is 11.3 Å². The fraction of sp³-hybridized carbons (Fsp3) is 0.0741. The second-order valence-electron chi connectivity index (χ2n) is 7.54. The molecule has 0 aliphatic heterocycles. The average Bonchev–Trinajstić information content (AvgIpc) is 3.13. The Morgan fingerprint density at radius 3 is 2.27 bits per heavy atom. The lowest BCUT2D eigenvalue weighted by molar-refractivity contribution is -0.111. The van der Waals surface area contributed by atoms with Crippen molar-refractivity contribution in [3.63, 3.8) is 0 Å². The number of hydrogen-bond acceptors (Lipinski definition) is 4. The molecule has 33 heavy (non-hydrogen) atoms. The zero-order chi connectivity index (χ0) is 23.4. The predicted molar refractivity (Wildman–Crippen MR) is 133 cm³/mol. The summed E-state index contributed by atoms with van der Waals surface area (Å²) >= 11 is 1.13. The fourth-order valence-corrected chi connectivity index (χ4v) is 4.47. The Kier molecular flexibility index (Phi) is 6.34. The van der Waals surface area contributed by atoms with Gasteiger partial charge in [-0.1, -0.05) is 54.6 Å². The molecule has 0 aliphatic rings. The lowest BCUT2D eigenvalue weighted by Crippen LogP contribution is -2.32. The second kappa shape index (κ2) is 9.51. The van der Waals surface area contributed by atoms with Gasteiger partial charge in [-0.3, -0.25) is 14.2 Å². The van der Waals surface area contributed by atoms with Gasteiger partial charge >= 0.3 is 0 Å². The van der Waals surface area contributed by atoms with E-state index in [1.807, 2.05) is 80.6 Å². The van der Waals surface area contributed by atoms with E-state index in [2.05, 4.69) is 5.32 Å². The summed E-state index contributed by atoms with van der Waals surface area (Å²) in [5.74, 6) is -0.557. The molecule has 0 radical (unpaired) electrons. The molecule has 1 heterocycles. The van der Waals surface area contributed by atoms with Crippen molar-refractivity contribution in [3.05, 3.63) is 115 Å². The molecule has 0 unspecified atom stereocenters. The van der Waals surface area contributed by atoms with Crippen molar-refractivity contribution >= 4 is 34.6 Å². The number of para-hydroxylation sites is 1. The number of nitrogens with one attached hydrogen (secondary N) is 1. The van der Waals surface area contributed by atoms with Crippen LogP contribution in [0.15, 0.2) is 83.7 Å². The molecule has 4 aromatic rings. The smallest absolute Gasteiger partial charge is 0.273 e. The van der Waals surface area contributed by atoms with Crippen LogP contribution in [0.3, 0.4) is 0 Å². The highest BCUT2D eigenvalue weighted by molar-refractivity contribution is 7.07. The highest BCUT2D eigenvalue weighted by atomic mass is 32.1. The summed E-state index contributed by atoms with van der Waals surface area (Å²) in [5, 5.41) is 12.7. The van der Waals surface area contributed by atoms with Gasteiger partial charge in [0, 0.05) is 5.69 Å². The van der Waals surface area contributed by atoms with E-state index in [4.69, 9.17) is 0 Å². The van der Waals surface area contributed by atoms with Gasteiger partial charge in [-0.25, -0.2) is 0 Å². The monoisotopic (exact) mass is 451 g/mol. The molecule has 0 fully saturated rings. The third-order valence-electron chi connectivity index (χ3n) is 5.25. The van der Waals surface area contributed by atoms with Gasteiger partial charge < -0.3 is 5.32 Å². The number of thiazole rings is 1. The summed E-state index contributed by atoms with van der Waals surface area (Å²) in [5.41, 5.74) is 3.78. The normalized spacial score (nSPS) is 12.2. The Bertz CT molecular complexity index is 1540. The van der Waals surface area contributed by atoms with Crippen LogP contribution in [0.25, 0.3) is 17.3 Å². The Labute approximate surface area is 195 Å². The van der Waals surface area contributed by atoms with Crippen molar-refractivity contribution < 1.29 is 4.79 Å². The van der Waals surface area contributed by atoms with Gasteiger partial charge in [-0.15, -0.1) is 11.3 Å². The summed E-state index contributed by atoms with van der Waals surface area (Å²) in [6.45, 7) is 3.95. The molecule has 3 aromatic carbocycles. The van der Waals surface area contributed by atoms with Crippen LogP contribution in [0.5, 0.6) is 0 Å². The molecule has 0 atom stereocenters. The third kappa shape index (κ3) is 4.69. The number of rotatable bonds is 4. The Morgan fingerprint density at radius 2 is 1.64 bits per heavy atom. The van der Waals surface area contributed by atoms with E-state index in [0.717, 1.165) is 28.0 Å². The van der Waals surface area contributed by atoms with Crippen molar-refractivity contribution in [1.29, 1.82) is 5.26 Å². The Balaban J connectivity index is 1.93. The van der Waals surface area contributed by atoms with Crippen molar-refractivity contribution in [1.82, 2.24) is 4.57 Å². The molecule has 1 amide bonds. The van der Waals surface area contributed by atoms with E-state index in [0.29, 0.717) is 15.9 Å². The fourth-order valence-electron chi connectivity index (χ4n) is 3.37. The maximum Gasteiger partial charge on any atom is 0.273 e. The zero-order valence-electron chi connectivity index (χ0n) is 18.2. The standard InChI is InChI=1S/C27H21N3O2S/c1-18-13-14-21(15-19(18)2)29-25(31)23(17-28)27-30(22-11-7-4-8-12-22)26(32)24(33-27)16-20-9-5-3-6-10-20/h3-16H,1-2H3,(H,29,31). The van der Waals surface area contributed by atoms with Crippen LogP contribution in [0, 0.1) is 25.2 Å². The van der Waals surface area contributed by atoms with Gasteiger partial charge in [0.15, 0.2) is 5.57 Å². The van der Waals surface area contributed by atoms with E-state index < -0.39 is 5.91 Å². The van der Waals surface area contributed by atoms with Gasteiger partial charge in [0.25, 0.3) is 11.5 Å². The quantitative estimate of drug-likeness (QED) is 0.515. The minimum atomic E-state index is -0.557. The van der Waals surface area contributed by atoms with E-state index in [9.17, 15) is 14.9 Å². The van der Waals surface area contributed by atoms with E-state index in [1.165, 1.54) is 4.57 Å². The molecular formula is C27H21N3O2S. The van der Waals surface area contributed by atoms with E-state index >= 15 is 0 Å². The van der Waals surface area contributed by atoms with Crippen molar-refractivity contribution in [2.75, 3.05) is 5.32 Å². The highest BCUT2D eigenvalue weighted by Gasteiger charge is 2.17. The highest BCUT2D eigenvalue weighted by Crippen LogP contribution is 2.15. The van der Waals surface area contributed by atoms with Gasteiger partial charge in [0.1, 0.15) is 10.7 Å². The number of hydrogen-bond donors (Lipinski definition) is 1. The SMILES string of the molecule is Cc1ccc(NC(=O)C(C#N)=c2sc(=Cc3ccccc3)c(=O)n2-c2ccccc2)cc1C. The molecule has 0 aliphatic carbocycles. The minimum absolute atomic E-state index is 0.119. The van der Waals surface area contributed by atoms with Gasteiger partial charge in [0.2, 0.25) is 0 Å².